The van der Waals surface area contributed by atoms with Gasteiger partial charge in [0.2, 0.25) is 10.0 Å². The van der Waals surface area contributed by atoms with Crippen LogP contribution in [0, 0.1) is 0 Å². The average Bonchev–Trinajstić information content (AvgIpc) is 2.28. The van der Waals surface area contributed by atoms with Gasteiger partial charge in [-0.3, -0.25) is 0 Å². The van der Waals surface area contributed by atoms with E-state index in [1.165, 1.54) is 4.31 Å². The van der Waals surface area contributed by atoms with Crippen LogP contribution in [0.3, 0.4) is 0 Å². The van der Waals surface area contributed by atoms with Gasteiger partial charge in [0.1, 0.15) is 0 Å². The van der Waals surface area contributed by atoms with E-state index in [4.69, 9.17) is 4.74 Å². The van der Waals surface area contributed by atoms with Crippen LogP contribution in [0.4, 0.5) is 0 Å². The Hall–Kier alpha value is 0.350. The van der Waals surface area contributed by atoms with E-state index >= 15 is 0 Å². The summed E-state index contributed by atoms with van der Waals surface area (Å²) in [6.07, 6.45) is 1.23. The molecule has 1 atom stereocenters. The van der Waals surface area contributed by atoms with Gasteiger partial charge < -0.3 is 4.74 Å². The zero-order chi connectivity index (χ0) is 11.5. The molecule has 0 radical (unpaired) electrons. The van der Waals surface area contributed by atoms with Gasteiger partial charge in [-0.25, -0.2) is 12.7 Å². The van der Waals surface area contributed by atoms with E-state index in [1.54, 1.807) is 7.05 Å². The Bertz CT molecular complexity index is 280. The lowest BCUT2D eigenvalue weighted by molar-refractivity contribution is 0.0972. The molecule has 0 aromatic rings. The molecule has 0 bridgehead atoms. The van der Waals surface area contributed by atoms with E-state index in [0.717, 1.165) is 0 Å². The highest BCUT2D eigenvalue weighted by molar-refractivity contribution is 9.09. The van der Waals surface area contributed by atoms with Crippen LogP contribution < -0.4 is 0 Å². The number of hydrogen-bond acceptors (Lipinski definition) is 3. The van der Waals surface area contributed by atoms with E-state index in [9.17, 15) is 8.42 Å². The molecule has 0 aromatic heterocycles. The van der Waals surface area contributed by atoms with E-state index in [2.05, 4.69) is 15.9 Å². The molecular weight excluding hydrogens is 282 g/mol. The van der Waals surface area contributed by atoms with Gasteiger partial charge in [-0.05, 0) is 19.8 Å². The number of hydrogen-bond donors (Lipinski definition) is 0. The second-order valence-electron chi connectivity index (χ2n) is 3.88. The van der Waals surface area contributed by atoms with Crippen molar-refractivity contribution in [1.29, 1.82) is 0 Å². The summed E-state index contributed by atoms with van der Waals surface area (Å²) in [5, 5.41) is 0.393. The summed E-state index contributed by atoms with van der Waals surface area (Å²) >= 11 is 3.30. The molecule has 0 N–H and O–H groups in total. The SMILES string of the molecule is CC(CBr)N(C)S(=O)(=O)C1CCOCC1. The zero-order valence-corrected chi connectivity index (χ0v) is 11.6. The first-order chi connectivity index (χ1) is 7.00. The third-order valence-corrected chi connectivity index (χ3v) is 6.25. The van der Waals surface area contributed by atoms with Crippen LogP contribution in [0.1, 0.15) is 19.8 Å². The van der Waals surface area contributed by atoms with Crippen molar-refractivity contribution in [3.05, 3.63) is 0 Å². The standard InChI is InChI=1S/C9H18BrNO3S/c1-8(7-10)11(2)15(12,13)9-3-5-14-6-4-9/h8-9H,3-7H2,1-2H3. The molecule has 6 heteroatoms. The molecule has 1 fully saturated rings. The number of alkyl halides is 1. The van der Waals surface area contributed by atoms with Crippen molar-refractivity contribution in [2.45, 2.75) is 31.1 Å². The lowest BCUT2D eigenvalue weighted by Gasteiger charge is -2.30. The van der Waals surface area contributed by atoms with E-state index in [1.807, 2.05) is 6.92 Å². The fourth-order valence-electron chi connectivity index (χ4n) is 1.56. The van der Waals surface area contributed by atoms with E-state index < -0.39 is 10.0 Å². The summed E-state index contributed by atoms with van der Waals surface area (Å²) in [7, 11) is -1.50. The Morgan fingerprint density at radius 1 is 1.47 bits per heavy atom. The Balaban J connectivity index is 2.72. The molecule has 1 saturated heterocycles. The van der Waals surface area contributed by atoms with Crippen molar-refractivity contribution in [1.82, 2.24) is 4.31 Å². The molecule has 0 amide bonds. The van der Waals surface area contributed by atoms with Gasteiger partial charge in [0.15, 0.2) is 0 Å². The fourth-order valence-corrected chi connectivity index (χ4v) is 4.02. The minimum atomic E-state index is -3.15. The highest BCUT2D eigenvalue weighted by Crippen LogP contribution is 2.20. The molecule has 1 aliphatic rings. The topological polar surface area (TPSA) is 46.6 Å². The van der Waals surface area contributed by atoms with Crippen molar-refractivity contribution < 1.29 is 13.2 Å². The molecular formula is C9H18BrNO3S. The second kappa shape index (κ2) is 5.61. The average molecular weight is 300 g/mol. The van der Waals surface area contributed by atoms with Crippen molar-refractivity contribution in [3.63, 3.8) is 0 Å². The molecule has 1 aliphatic heterocycles. The molecule has 4 nitrogen and oxygen atoms in total. The third kappa shape index (κ3) is 3.15. The molecule has 0 aliphatic carbocycles. The highest BCUT2D eigenvalue weighted by atomic mass is 79.9. The first-order valence-corrected chi connectivity index (χ1v) is 7.73. The summed E-state index contributed by atoms with van der Waals surface area (Å²) < 4.78 is 30.9. The molecule has 0 saturated carbocycles. The lowest BCUT2D eigenvalue weighted by Crippen LogP contribution is -2.43. The van der Waals surface area contributed by atoms with Crippen LogP contribution in [0.25, 0.3) is 0 Å². The molecule has 1 rings (SSSR count). The van der Waals surface area contributed by atoms with E-state index in [0.29, 0.717) is 31.4 Å². The molecule has 1 heterocycles. The summed E-state index contributed by atoms with van der Waals surface area (Å²) in [6, 6.07) is -0.00200. The zero-order valence-electron chi connectivity index (χ0n) is 9.15. The molecule has 15 heavy (non-hydrogen) atoms. The van der Waals surface area contributed by atoms with Gasteiger partial charge in [-0.1, -0.05) is 15.9 Å². The Kier molecular flexibility index (Phi) is 5.02. The predicted octanol–water partition coefficient (Wildman–Crippen LogP) is 1.21. The summed E-state index contributed by atoms with van der Waals surface area (Å²) in [5.41, 5.74) is 0. The van der Waals surface area contributed by atoms with Crippen molar-refractivity contribution in [2.24, 2.45) is 0 Å². The van der Waals surface area contributed by atoms with Gasteiger partial charge in [0, 0.05) is 31.6 Å². The van der Waals surface area contributed by atoms with Gasteiger partial charge >= 0.3 is 0 Å². The summed E-state index contributed by atoms with van der Waals surface area (Å²) in [5.74, 6) is 0. The van der Waals surface area contributed by atoms with Crippen LogP contribution >= 0.6 is 15.9 Å². The van der Waals surface area contributed by atoms with Crippen LogP contribution in [-0.4, -0.2) is 49.6 Å². The summed E-state index contributed by atoms with van der Waals surface area (Å²) in [6.45, 7) is 3.01. The number of ether oxygens (including phenoxy) is 1. The maximum atomic E-state index is 12.1. The van der Waals surface area contributed by atoms with Crippen LogP contribution in [0.2, 0.25) is 0 Å². The molecule has 0 aromatic carbocycles. The molecule has 1 unspecified atom stereocenters. The first-order valence-electron chi connectivity index (χ1n) is 5.10. The first kappa shape index (κ1) is 13.4. The van der Waals surface area contributed by atoms with Crippen LogP contribution in [0.5, 0.6) is 0 Å². The Labute approximate surface area is 100 Å². The van der Waals surface area contributed by atoms with Gasteiger partial charge in [0.05, 0.1) is 5.25 Å². The van der Waals surface area contributed by atoms with Gasteiger partial charge in [-0.2, -0.15) is 0 Å². The highest BCUT2D eigenvalue weighted by Gasteiger charge is 2.33. The van der Waals surface area contributed by atoms with Crippen LogP contribution in [-0.2, 0) is 14.8 Å². The maximum absolute atomic E-state index is 12.1. The molecule has 0 spiro atoms. The fraction of sp³-hybridized carbons (Fsp3) is 1.00. The van der Waals surface area contributed by atoms with Gasteiger partial charge in [0.25, 0.3) is 0 Å². The van der Waals surface area contributed by atoms with Gasteiger partial charge in [-0.15, -0.1) is 0 Å². The third-order valence-electron chi connectivity index (χ3n) is 2.83. The quantitative estimate of drug-likeness (QED) is 0.733. The van der Waals surface area contributed by atoms with Crippen molar-refractivity contribution >= 4 is 26.0 Å². The number of halogens is 1. The Morgan fingerprint density at radius 2 is 2.00 bits per heavy atom. The van der Waals surface area contributed by atoms with E-state index in [-0.39, 0.29) is 11.3 Å². The number of sulfonamides is 1. The number of nitrogens with zero attached hydrogens (tertiary/aromatic N) is 1. The number of rotatable bonds is 4. The van der Waals surface area contributed by atoms with Crippen molar-refractivity contribution in [2.75, 3.05) is 25.6 Å². The lowest BCUT2D eigenvalue weighted by atomic mass is 10.2. The normalized spacial score (nSPS) is 21.9. The Morgan fingerprint density at radius 3 is 2.47 bits per heavy atom. The monoisotopic (exact) mass is 299 g/mol. The minimum absolute atomic E-state index is 0.00200. The van der Waals surface area contributed by atoms with Crippen LogP contribution in [0.15, 0.2) is 0 Å². The van der Waals surface area contributed by atoms with Crippen molar-refractivity contribution in [3.8, 4) is 0 Å². The maximum Gasteiger partial charge on any atom is 0.217 e. The largest absolute Gasteiger partial charge is 0.381 e. The molecule has 90 valence electrons. The minimum Gasteiger partial charge on any atom is -0.381 e. The predicted molar refractivity (Wildman–Crippen MR) is 63.8 cm³/mol. The summed E-state index contributed by atoms with van der Waals surface area (Å²) in [4.78, 5) is 0. The smallest absolute Gasteiger partial charge is 0.217 e. The second-order valence-corrected chi connectivity index (χ2v) is 6.80.